The van der Waals surface area contributed by atoms with Gasteiger partial charge in [-0.05, 0) is 138 Å². The molecule has 2 saturated heterocycles. The van der Waals surface area contributed by atoms with Gasteiger partial charge in [-0.2, -0.15) is 10.2 Å². The van der Waals surface area contributed by atoms with E-state index in [0.29, 0.717) is 24.7 Å². The van der Waals surface area contributed by atoms with Crippen LogP contribution < -0.4 is 20.5 Å². The number of carbonyl (C=O) groups excluding carboxylic acids is 1. The molecule has 4 heterocycles. The van der Waals surface area contributed by atoms with E-state index in [9.17, 15) is 9.18 Å². The van der Waals surface area contributed by atoms with Crippen LogP contribution in [0, 0.1) is 5.82 Å². The van der Waals surface area contributed by atoms with Gasteiger partial charge in [0.2, 0.25) is 0 Å². The van der Waals surface area contributed by atoms with Crippen LogP contribution in [0.2, 0.25) is 0 Å². The van der Waals surface area contributed by atoms with Crippen molar-refractivity contribution in [2.75, 3.05) is 63.5 Å². The first-order chi connectivity index (χ1) is 25.7. The van der Waals surface area contributed by atoms with Crippen molar-refractivity contribution in [3.05, 3.63) is 93.4 Å². The second-order valence-corrected chi connectivity index (χ2v) is 14.9. The summed E-state index contributed by atoms with van der Waals surface area (Å²) in [4.78, 5) is 17.4. The average molecular weight is 853 g/mol. The fraction of sp³-hybridized carbons (Fsp3) is 0.359. The van der Waals surface area contributed by atoms with E-state index in [4.69, 9.17) is 15.2 Å². The summed E-state index contributed by atoms with van der Waals surface area (Å²) in [5.74, 6) is 0.732. The van der Waals surface area contributed by atoms with Crippen molar-refractivity contribution in [1.82, 2.24) is 29.4 Å². The summed E-state index contributed by atoms with van der Waals surface area (Å²) >= 11 is 7.10. The molecule has 11 nitrogen and oxygen atoms in total. The minimum atomic E-state index is -0.450. The van der Waals surface area contributed by atoms with Gasteiger partial charge >= 0.3 is 0 Å². The fourth-order valence-electron chi connectivity index (χ4n) is 6.62. The lowest BCUT2D eigenvalue weighted by molar-refractivity contribution is 0.102. The number of hydrogen-bond acceptors (Lipinski definition) is 8. The number of aryl methyl sites for hydroxylation is 2. The van der Waals surface area contributed by atoms with Gasteiger partial charge in [-0.3, -0.25) is 24.0 Å². The molecule has 0 saturated carbocycles. The molecule has 3 N–H and O–H groups in total. The Bertz CT molecular complexity index is 1970. The highest BCUT2D eigenvalue weighted by molar-refractivity contribution is 9.11. The van der Waals surface area contributed by atoms with Crippen LogP contribution in [0.15, 0.2) is 82.0 Å². The Morgan fingerprint density at radius 2 is 1.30 bits per heavy atom. The van der Waals surface area contributed by atoms with Crippen LogP contribution in [-0.4, -0.2) is 87.8 Å². The van der Waals surface area contributed by atoms with E-state index in [2.05, 4.69) is 57.2 Å². The fourth-order valence-corrected chi connectivity index (χ4v) is 7.74. The second kappa shape index (κ2) is 18.2. The maximum Gasteiger partial charge on any atom is 0.255 e. The largest absolute Gasteiger partial charge is 0.492 e. The summed E-state index contributed by atoms with van der Waals surface area (Å²) in [6, 6.07) is 16.8. The molecule has 14 heteroatoms. The normalized spacial score (nSPS) is 14.6. The Kier molecular flexibility index (Phi) is 13.2. The highest BCUT2D eigenvalue weighted by Crippen LogP contribution is 2.38. The first-order valence-electron chi connectivity index (χ1n) is 17.8. The number of nitrogen functional groups attached to an aromatic ring is 1. The molecule has 3 aromatic carbocycles. The number of carbonyl (C=O) groups is 1. The highest BCUT2D eigenvalue weighted by Gasteiger charge is 2.19. The standard InChI is InChI=1S/C23H24BrFN4O2.C16H21BrN4O/c1-28-22(20(24)15-26-28)19-14-18(27-23(30)16-5-4-6-17(25)13-16)7-8-21(19)31-12-11-29-9-2-3-10-29;1-20-16(14(17)11-19-20)13-10-12(18)4-5-15(13)22-9-8-21-6-2-3-7-21/h4-8,13-15H,2-3,9-12H2,1H3,(H,27,30);4-5,10-11H,2-3,6-9,18H2,1H3. The van der Waals surface area contributed by atoms with Crippen molar-refractivity contribution < 1.29 is 18.7 Å². The van der Waals surface area contributed by atoms with Crippen LogP contribution in [0.3, 0.4) is 0 Å². The van der Waals surface area contributed by atoms with Crippen LogP contribution in [-0.2, 0) is 14.1 Å². The molecular formula is C39H45Br2FN8O3. The summed E-state index contributed by atoms with van der Waals surface area (Å²) in [5, 5.41) is 11.4. The lowest BCUT2D eigenvalue weighted by atomic mass is 10.1. The lowest BCUT2D eigenvalue weighted by Crippen LogP contribution is -2.25. The van der Waals surface area contributed by atoms with Crippen molar-refractivity contribution in [2.45, 2.75) is 25.7 Å². The SMILES string of the molecule is Cn1ncc(Br)c1-c1cc(N)ccc1OCCN1CCCC1.Cn1ncc(Br)c1-c1cc(NC(=O)c2cccc(F)c2)ccc1OCCN1CCCC1. The molecule has 53 heavy (non-hydrogen) atoms. The first kappa shape index (κ1) is 38.5. The van der Waals surface area contributed by atoms with Crippen LogP contribution >= 0.6 is 31.9 Å². The van der Waals surface area contributed by atoms with Crippen molar-refractivity contribution in [3.8, 4) is 34.0 Å². The Morgan fingerprint density at radius 1 is 0.774 bits per heavy atom. The number of benzene rings is 3. The number of anilines is 2. The predicted octanol–water partition coefficient (Wildman–Crippen LogP) is 7.62. The van der Waals surface area contributed by atoms with Crippen LogP contribution in [0.25, 0.3) is 22.5 Å². The molecule has 280 valence electrons. The van der Waals surface area contributed by atoms with Gasteiger partial charge in [-0.25, -0.2) is 4.39 Å². The summed E-state index contributed by atoms with van der Waals surface area (Å²) in [6.07, 6.45) is 8.60. The molecule has 0 radical (unpaired) electrons. The van der Waals surface area contributed by atoms with E-state index in [1.54, 1.807) is 29.2 Å². The molecule has 0 aliphatic carbocycles. The van der Waals surface area contributed by atoms with E-state index in [1.165, 1.54) is 57.0 Å². The zero-order valence-electron chi connectivity index (χ0n) is 30.0. The zero-order valence-corrected chi connectivity index (χ0v) is 33.2. The third-order valence-electron chi connectivity index (χ3n) is 9.35. The van der Waals surface area contributed by atoms with Gasteiger partial charge in [0.05, 0.1) is 32.7 Å². The van der Waals surface area contributed by atoms with Crippen LogP contribution in [0.1, 0.15) is 36.0 Å². The zero-order chi connectivity index (χ0) is 37.3. The first-order valence-corrected chi connectivity index (χ1v) is 19.4. The van der Waals surface area contributed by atoms with E-state index in [0.717, 1.165) is 69.1 Å². The number of nitrogens with two attached hydrogens (primary N) is 1. The smallest absolute Gasteiger partial charge is 0.255 e. The van der Waals surface area contributed by atoms with Gasteiger partial charge in [-0.15, -0.1) is 0 Å². The van der Waals surface area contributed by atoms with Gasteiger partial charge in [-0.1, -0.05) is 6.07 Å². The van der Waals surface area contributed by atoms with E-state index in [1.807, 2.05) is 49.1 Å². The quantitative estimate of drug-likeness (QED) is 0.123. The molecule has 0 spiro atoms. The molecule has 7 rings (SSSR count). The molecule has 2 aliphatic heterocycles. The molecule has 5 aromatic rings. The summed E-state index contributed by atoms with van der Waals surface area (Å²) in [7, 11) is 3.77. The minimum absolute atomic E-state index is 0.259. The highest BCUT2D eigenvalue weighted by atomic mass is 79.9. The van der Waals surface area contributed by atoms with Gasteiger partial charge in [0, 0.05) is 55.2 Å². The van der Waals surface area contributed by atoms with E-state index < -0.39 is 5.82 Å². The Labute approximate surface area is 326 Å². The maximum absolute atomic E-state index is 13.5. The summed E-state index contributed by atoms with van der Waals surface area (Å²) in [5.41, 5.74) is 11.1. The Hall–Kier alpha value is -4.24. The molecule has 0 atom stereocenters. The van der Waals surface area contributed by atoms with Crippen molar-refractivity contribution in [1.29, 1.82) is 0 Å². The number of rotatable bonds is 12. The Morgan fingerprint density at radius 3 is 1.81 bits per heavy atom. The number of nitrogens with one attached hydrogen (secondary N) is 1. The number of nitrogens with zero attached hydrogens (tertiary/aromatic N) is 6. The monoisotopic (exact) mass is 850 g/mol. The third-order valence-corrected chi connectivity index (χ3v) is 10.5. The minimum Gasteiger partial charge on any atom is -0.492 e. The van der Waals surface area contributed by atoms with Gasteiger partial charge in [0.1, 0.15) is 30.5 Å². The summed E-state index contributed by atoms with van der Waals surface area (Å²) < 4.78 is 31.0. The van der Waals surface area contributed by atoms with E-state index in [-0.39, 0.29) is 11.5 Å². The van der Waals surface area contributed by atoms with Crippen molar-refractivity contribution >= 4 is 49.1 Å². The van der Waals surface area contributed by atoms with Gasteiger partial charge < -0.3 is 20.5 Å². The molecule has 2 aromatic heterocycles. The second-order valence-electron chi connectivity index (χ2n) is 13.2. The molecule has 1 amide bonds. The molecule has 2 aliphatic rings. The van der Waals surface area contributed by atoms with Gasteiger partial charge in [0.25, 0.3) is 5.91 Å². The van der Waals surface area contributed by atoms with Crippen molar-refractivity contribution in [2.24, 2.45) is 14.1 Å². The molecule has 0 bridgehead atoms. The topological polar surface area (TPSA) is 116 Å². The number of halogens is 3. The molecular weight excluding hydrogens is 807 g/mol. The van der Waals surface area contributed by atoms with Crippen LogP contribution in [0.5, 0.6) is 11.5 Å². The molecule has 0 unspecified atom stereocenters. The number of aromatic nitrogens is 4. The number of ether oxygens (including phenoxy) is 2. The van der Waals surface area contributed by atoms with Crippen LogP contribution in [0.4, 0.5) is 15.8 Å². The van der Waals surface area contributed by atoms with Crippen molar-refractivity contribution in [3.63, 3.8) is 0 Å². The molecule has 2 fully saturated rings. The van der Waals surface area contributed by atoms with Gasteiger partial charge in [0.15, 0.2) is 0 Å². The average Bonchev–Trinajstić information content (AvgIpc) is 3.97. The number of hydrogen-bond donors (Lipinski definition) is 2. The summed E-state index contributed by atoms with van der Waals surface area (Å²) in [6.45, 7) is 7.73. The lowest BCUT2D eigenvalue weighted by Gasteiger charge is -2.18. The third kappa shape index (κ3) is 10.0. The number of amides is 1. The number of likely N-dealkylation sites (tertiary alicyclic amines) is 2. The predicted molar refractivity (Wildman–Crippen MR) is 214 cm³/mol. The Balaban J connectivity index is 0.000000192. The van der Waals surface area contributed by atoms with E-state index >= 15 is 0 Å². The maximum atomic E-state index is 13.5.